The molecule has 0 radical (unpaired) electrons. The zero-order valence-corrected chi connectivity index (χ0v) is 20.4. The molecule has 0 fully saturated rings. The lowest BCUT2D eigenvalue weighted by atomic mass is 10.1. The molecule has 4 nitrogen and oxygen atoms in total. The summed E-state index contributed by atoms with van der Waals surface area (Å²) < 4.78 is 0. The SMILES string of the molecule is CN(c1ccccc1Nc1cccc(CN)c1)c1ccccc1N(c1ccccc1)c1ccccc1. The smallest absolute Gasteiger partial charge is 0.0698 e. The summed E-state index contributed by atoms with van der Waals surface area (Å²) in [6.07, 6.45) is 0. The predicted octanol–water partition coefficient (Wildman–Crippen LogP) is 8.13. The van der Waals surface area contributed by atoms with E-state index in [4.69, 9.17) is 5.73 Å². The van der Waals surface area contributed by atoms with E-state index in [0.717, 1.165) is 45.4 Å². The molecule has 0 aromatic heterocycles. The second-order valence-electron chi connectivity index (χ2n) is 8.60. The van der Waals surface area contributed by atoms with Crippen molar-refractivity contribution in [2.24, 2.45) is 5.73 Å². The molecule has 36 heavy (non-hydrogen) atoms. The van der Waals surface area contributed by atoms with Crippen LogP contribution in [0.25, 0.3) is 0 Å². The highest BCUT2D eigenvalue weighted by molar-refractivity contribution is 5.89. The lowest BCUT2D eigenvalue weighted by Crippen LogP contribution is -2.17. The third-order valence-corrected chi connectivity index (χ3v) is 6.22. The molecule has 5 aromatic rings. The Morgan fingerprint density at radius 3 is 1.78 bits per heavy atom. The molecule has 4 heteroatoms. The van der Waals surface area contributed by atoms with Crippen molar-refractivity contribution in [1.29, 1.82) is 0 Å². The fourth-order valence-corrected chi connectivity index (χ4v) is 4.45. The van der Waals surface area contributed by atoms with Crippen molar-refractivity contribution < 1.29 is 0 Å². The number of nitrogens with zero attached hydrogens (tertiary/aromatic N) is 2. The molecule has 0 bridgehead atoms. The van der Waals surface area contributed by atoms with E-state index < -0.39 is 0 Å². The Balaban J connectivity index is 1.58. The molecule has 5 rings (SSSR count). The number of hydrogen-bond acceptors (Lipinski definition) is 4. The van der Waals surface area contributed by atoms with E-state index in [1.807, 2.05) is 24.3 Å². The minimum absolute atomic E-state index is 0.513. The van der Waals surface area contributed by atoms with E-state index in [1.54, 1.807) is 0 Å². The van der Waals surface area contributed by atoms with Crippen LogP contribution >= 0.6 is 0 Å². The highest BCUT2D eigenvalue weighted by Gasteiger charge is 2.19. The molecule has 0 unspecified atom stereocenters. The molecule has 0 atom stereocenters. The van der Waals surface area contributed by atoms with Crippen LogP contribution in [-0.2, 0) is 6.54 Å². The van der Waals surface area contributed by atoms with Crippen molar-refractivity contribution in [2.45, 2.75) is 6.54 Å². The van der Waals surface area contributed by atoms with Gasteiger partial charge in [0.05, 0.1) is 22.7 Å². The van der Waals surface area contributed by atoms with Crippen molar-refractivity contribution in [3.63, 3.8) is 0 Å². The van der Waals surface area contributed by atoms with E-state index >= 15 is 0 Å². The Morgan fingerprint density at radius 1 is 0.583 bits per heavy atom. The van der Waals surface area contributed by atoms with E-state index in [1.165, 1.54) is 0 Å². The van der Waals surface area contributed by atoms with Crippen LogP contribution in [-0.4, -0.2) is 7.05 Å². The Bertz CT molecular complexity index is 1380. The number of nitrogens with two attached hydrogens (primary N) is 1. The quantitative estimate of drug-likeness (QED) is 0.240. The van der Waals surface area contributed by atoms with Gasteiger partial charge in [0.1, 0.15) is 0 Å². The molecule has 0 aliphatic rings. The van der Waals surface area contributed by atoms with E-state index in [0.29, 0.717) is 6.54 Å². The van der Waals surface area contributed by atoms with Gasteiger partial charge < -0.3 is 20.9 Å². The van der Waals surface area contributed by atoms with E-state index in [9.17, 15) is 0 Å². The molecule has 0 aliphatic heterocycles. The summed E-state index contributed by atoms with van der Waals surface area (Å²) >= 11 is 0. The van der Waals surface area contributed by atoms with Crippen LogP contribution in [0, 0.1) is 0 Å². The minimum Gasteiger partial charge on any atom is -0.354 e. The van der Waals surface area contributed by atoms with Gasteiger partial charge in [0.15, 0.2) is 0 Å². The molecule has 0 saturated heterocycles. The number of anilines is 7. The maximum atomic E-state index is 5.87. The molecule has 0 saturated carbocycles. The van der Waals surface area contributed by atoms with Crippen molar-refractivity contribution >= 4 is 39.8 Å². The van der Waals surface area contributed by atoms with Crippen LogP contribution in [0.2, 0.25) is 0 Å². The molecular weight excluding hydrogens is 440 g/mol. The molecular formula is C32H30N4. The monoisotopic (exact) mass is 470 g/mol. The Morgan fingerprint density at radius 2 is 1.14 bits per heavy atom. The van der Waals surface area contributed by atoms with Gasteiger partial charge in [-0.1, -0.05) is 72.8 Å². The van der Waals surface area contributed by atoms with Crippen LogP contribution in [0.3, 0.4) is 0 Å². The van der Waals surface area contributed by atoms with Gasteiger partial charge in [0.25, 0.3) is 0 Å². The van der Waals surface area contributed by atoms with Crippen LogP contribution in [0.1, 0.15) is 5.56 Å². The lowest BCUT2D eigenvalue weighted by Gasteiger charge is -2.31. The molecule has 3 N–H and O–H groups in total. The standard InChI is InChI=1S/C32H30N4/c1-35(30-20-9-8-19-29(30)34-26-14-12-13-25(23-26)24-33)31-21-10-11-22-32(31)36(27-15-4-2-5-16-27)28-17-6-3-7-18-28/h2-23,34H,24,33H2,1H3. The summed E-state index contributed by atoms with van der Waals surface area (Å²) in [7, 11) is 2.11. The predicted molar refractivity (Wildman–Crippen MR) is 153 cm³/mol. The average Bonchev–Trinajstić information content (AvgIpc) is 2.95. The topological polar surface area (TPSA) is 44.5 Å². The number of rotatable bonds is 8. The molecule has 0 heterocycles. The second kappa shape index (κ2) is 10.8. The molecule has 0 amide bonds. The van der Waals surface area contributed by atoms with Crippen molar-refractivity contribution in [1.82, 2.24) is 0 Å². The number of para-hydroxylation sites is 6. The summed E-state index contributed by atoms with van der Waals surface area (Å²) in [5, 5.41) is 3.60. The zero-order valence-electron chi connectivity index (χ0n) is 20.4. The Labute approximate surface area is 213 Å². The van der Waals surface area contributed by atoms with Crippen molar-refractivity contribution in [3.05, 3.63) is 139 Å². The first-order chi connectivity index (χ1) is 17.7. The summed E-state index contributed by atoms with van der Waals surface area (Å²) in [6, 6.07) is 46.1. The molecule has 0 aliphatic carbocycles. The van der Waals surface area contributed by atoms with Gasteiger partial charge in [0, 0.05) is 30.7 Å². The highest BCUT2D eigenvalue weighted by atomic mass is 15.2. The maximum absolute atomic E-state index is 5.87. The summed E-state index contributed by atoms with van der Waals surface area (Å²) in [6.45, 7) is 0.513. The first kappa shape index (κ1) is 23.2. The largest absolute Gasteiger partial charge is 0.354 e. The molecule has 5 aromatic carbocycles. The second-order valence-corrected chi connectivity index (χ2v) is 8.60. The van der Waals surface area contributed by atoms with Gasteiger partial charge in [-0.25, -0.2) is 0 Å². The third-order valence-electron chi connectivity index (χ3n) is 6.22. The first-order valence-electron chi connectivity index (χ1n) is 12.1. The maximum Gasteiger partial charge on any atom is 0.0698 e. The fraction of sp³-hybridized carbons (Fsp3) is 0.0625. The summed E-state index contributed by atoms with van der Waals surface area (Å²) in [4.78, 5) is 4.54. The van der Waals surface area contributed by atoms with E-state index in [-0.39, 0.29) is 0 Å². The summed E-state index contributed by atoms with van der Waals surface area (Å²) in [5.74, 6) is 0. The number of benzene rings is 5. The fourth-order valence-electron chi connectivity index (χ4n) is 4.45. The number of nitrogens with one attached hydrogen (secondary N) is 1. The highest BCUT2D eigenvalue weighted by Crippen LogP contribution is 2.43. The van der Waals surface area contributed by atoms with Crippen LogP contribution in [0.5, 0.6) is 0 Å². The minimum atomic E-state index is 0.513. The van der Waals surface area contributed by atoms with Gasteiger partial charge in [-0.2, -0.15) is 0 Å². The van der Waals surface area contributed by atoms with Gasteiger partial charge in [0.2, 0.25) is 0 Å². The Kier molecular flexibility index (Phi) is 6.97. The van der Waals surface area contributed by atoms with Gasteiger partial charge in [-0.3, -0.25) is 0 Å². The van der Waals surface area contributed by atoms with Crippen LogP contribution < -0.4 is 20.9 Å². The number of hydrogen-bond donors (Lipinski definition) is 2. The Hall–Kier alpha value is -4.54. The lowest BCUT2D eigenvalue weighted by molar-refractivity contribution is 1.07. The van der Waals surface area contributed by atoms with Crippen LogP contribution in [0.15, 0.2) is 133 Å². The van der Waals surface area contributed by atoms with Crippen LogP contribution in [0.4, 0.5) is 39.8 Å². The third kappa shape index (κ3) is 4.95. The summed E-state index contributed by atoms with van der Waals surface area (Å²) in [5.41, 5.74) is 14.5. The molecule has 178 valence electrons. The molecule has 0 spiro atoms. The van der Waals surface area contributed by atoms with Gasteiger partial charge >= 0.3 is 0 Å². The van der Waals surface area contributed by atoms with E-state index in [2.05, 4.69) is 131 Å². The zero-order chi connectivity index (χ0) is 24.7. The van der Waals surface area contributed by atoms with Crippen molar-refractivity contribution in [2.75, 3.05) is 22.2 Å². The van der Waals surface area contributed by atoms with Crippen molar-refractivity contribution in [3.8, 4) is 0 Å². The normalized spacial score (nSPS) is 10.6. The first-order valence-corrected chi connectivity index (χ1v) is 12.1. The van der Waals surface area contributed by atoms with Gasteiger partial charge in [-0.05, 0) is 66.2 Å². The average molecular weight is 471 g/mol. The van der Waals surface area contributed by atoms with Gasteiger partial charge in [-0.15, -0.1) is 0 Å².